The fraction of sp³-hybridized carbons (Fsp3) is 0.353. The van der Waals surface area contributed by atoms with Crippen molar-refractivity contribution in [2.45, 2.75) is 24.3 Å². The van der Waals surface area contributed by atoms with Crippen molar-refractivity contribution in [3.63, 3.8) is 0 Å². The molecule has 0 saturated carbocycles. The molecule has 2 rings (SSSR count). The Morgan fingerprint density at radius 3 is 2.56 bits per heavy atom. The highest BCUT2D eigenvalue weighted by Crippen LogP contribution is 2.18. The summed E-state index contributed by atoms with van der Waals surface area (Å²) in [6.45, 7) is 0.789. The lowest BCUT2D eigenvalue weighted by Gasteiger charge is -2.17. The molecular weight excluding hydrogens is 360 g/mol. The van der Waals surface area contributed by atoms with Crippen molar-refractivity contribution in [2.75, 3.05) is 20.7 Å². The molecule has 25 heavy (non-hydrogen) atoms. The molecule has 6 nitrogen and oxygen atoms in total. The zero-order valence-electron chi connectivity index (χ0n) is 14.3. The second kappa shape index (κ2) is 8.98. The number of nitrogens with zero attached hydrogens (tertiary/aromatic N) is 1. The van der Waals surface area contributed by atoms with Crippen molar-refractivity contribution in [1.82, 2.24) is 9.62 Å². The van der Waals surface area contributed by atoms with Gasteiger partial charge in [-0.15, -0.1) is 11.3 Å². The molecule has 8 heteroatoms. The molecule has 0 aliphatic heterocycles. The molecule has 0 bridgehead atoms. The van der Waals surface area contributed by atoms with Crippen molar-refractivity contribution < 1.29 is 17.9 Å². The van der Waals surface area contributed by atoms with Crippen LogP contribution in [0.3, 0.4) is 0 Å². The molecule has 1 amide bonds. The molecule has 1 aromatic heterocycles. The predicted octanol–water partition coefficient (Wildman–Crippen LogP) is 2.47. The molecule has 0 radical (unpaired) electrons. The van der Waals surface area contributed by atoms with E-state index < -0.39 is 10.0 Å². The number of thiophene rings is 1. The standard InChI is InChI=1S/C17H22N2O4S2/c1-19(25(21,22)16-9-7-14(23-2)8-10-16)11-3-6-17(20)18-13-15-5-4-12-24-15/h4-5,7-10,12H,3,6,11,13H2,1-2H3,(H,18,20). The van der Waals surface area contributed by atoms with Crippen LogP contribution in [0.5, 0.6) is 5.75 Å². The molecule has 0 fully saturated rings. The van der Waals surface area contributed by atoms with Crippen molar-refractivity contribution in [3.05, 3.63) is 46.7 Å². The van der Waals surface area contributed by atoms with Gasteiger partial charge in [0.25, 0.3) is 0 Å². The average Bonchev–Trinajstić information content (AvgIpc) is 3.13. The Kier molecular flexibility index (Phi) is 6.98. The van der Waals surface area contributed by atoms with Gasteiger partial charge in [-0.25, -0.2) is 12.7 Å². The van der Waals surface area contributed by atoms with Gasteiger partial charge >= 0.3 is 0 Å². The van der Waals surface area contributed by atoms with Crippen LogP contribution in [0.15, 0.2) is 46.7 Å². The van der Waals surface area contributed by atoms with E-state index in [0.29, 0.717) is 18.7 Å². The van der Waals surface area contributed by atoms with Crippen LogP contribution >= 0.6 is 11.3 Å². The number of rotatable bonds is 9. The summed E-state index contributed by atoms with van der Waals surface area (Å²) in [5.74, 6) is 0.521. The van der Waals surface area contributed by atoms with E-state index in [0.717, 1.165) is 4.88 Å². The molecule has 0 atom stereocenters. The molecule has 1 heterocycles. The number of benzene rings is 1. The lowest BCUT2D eigenvalue weighted by molar-refractivity contribution is -0.121. The van der Waals surface area contributed by atoms with Crippen molar-refractivity contribution >= 4 is 27.3 Å². The minimum absolute atomic E-state index is 0.0800. The quantitative estimate of drug-likeness (QED) is 0.723. The first kappa shape index (κ1) is 19.4. The van der Waals surface area contributed by atoms with Crippen molar-refractivity contribution in [3.8, 4) is 5.75 Å². The van der Waals surface area contributed by atoms with E-state index in [1.807, 2.05) is 17.5 Å². The predicted molar refractivity (Wildman–Crippen MR) is 98.2 cm³/mol. The van der Waals surface area contributed by atoms with Crippen LogP contribution < -0.4 is 10.1 Å². The lowest BCUT2D eigenvalue weighted by atomic mass is 10.3. The van der Waals surface area contributed by atoms with Gasteiger partial charge in [0, 0.05) is 24.9 Å². The zero-order chi connectivity index (χ0) is 18.3. The first-order valence-corrected chi connectivity index (χ1v) is 10.1. The Morgan fingerprint density at radius 2 is 1.96 bits per heavy atom. The number of nitrogens with one attached hydrogen (secondary N) is 1. The molecule has 2 aromatic rings. The molecule has 1 aromatic carbocycles. The summed E-state index contributed by atoms with van der Waals surface area (Å²) in [6.07, 6.45) is 0.746. The summed E-state index contributed by atoms with van der Waals surface area (Å²) < 4.78 is 31.2. The van der Waals surface area contributed by atoms with Crippen molar-refractivity contribution in [2.24, 2.45) is 0 Å². The van der Waals surface area contributed by atoms with E-state index in [2.05, 4.69) is 5.32 Å². The molecule has 0 saturated heterocycles. The first-order chi connectivity index (χ1) is 11.9. The number of amides is 1. The van der Waals surface area contributed by atoms with Gasteiger partial charge < -0.3 is 10.1 Å². The molecule has 136 valence electrons. The van der Waals surface area contributed by atoms with Crippen LogP contribution in [0.1, 0.15) is 17.7 Å². The number of hydrogen-bond acceptors (Lipinski definition) is 5. The first-order valence-electron chi connectivity index (χ1n) is 7.83. The minimum Gasteiger partial charge on any atom is -0.497 e. The molecule has 0 unspecified atom stereocenters. The number of methoxy groups -OCH3 is 1. The maximum atomic E-state index is 12.5. The van der Waals surface area contributed by atoms with Crippen LogP contribution in [0.25, 0.3) is 0 Å². The average molecular weight is 383 g/mol. The largest absolute Gasteiger partial charge is 0.497 e. The Labute approximate surface area is 152 Å². The highest BCUT2D eigenvalue weighted by molar-refractivity contribution is 7.89. The minimum atomic E-state index is -3.56. The van der Waals surface area contributed by atoms with E-state index in [9.17, 15) is 13.2 Å². The lowest BCUT2D eigenvalue weighted by Crippen LogP contribution is -2.29. The maximum Gasteiger partial charge on any atom is 0.242 e. The van der Waals surface area contributed by atoms with Crippen LogP contribution in [-0.4, -0.2) is 39.3 Å². The van der Waals surface area contributed by atoms with Gasteiger partial charge in [-0.1, -0.05) is 6.07 Å². The van der Waals surface area contributed by atoms with E-state index in [1.165, 1.54) is 30.6 Å². The summed E-state index contributed by atoms with van der Waals surface area (Å²) in [5.41, 5.74) is 0. The van der Waals surface area contributed by atoms with Crippen molar-refractivity contribution in [1.29, 1.82) is 0 Å². The highest BCUT2D eigenvalue weighted by atomic mass is 32.2. The van der Waals surface area contributed by atoms with Gasteiger partial charge in [0.1, 0.15) is 5.75 Å². The van der Waals surface area contributed by atoms with Gasteiger partial charge in [-0.3, -0.25) is 4.79 Å². The summed E-state index contributed by atoms with van der Waals surface area (Å²) in [4.78, 5) is 13.1. The Morgan fingerprint density at radius 1 is 1.24 bits per heavy atom. The third-order valence-electron chi connectivity index (χ3n) is 3.68. The topological polar surface area (TPSA) is 75.7 Å². The Bertz CT molecular complexity index is 771. The number of ether oxygens (including phenoxy) is 1. The van der Waals surface area contributed by atoms with Crippen LogP contribution in [0.2, 0.25) is 0 Å². The van der Waals surface area contributed by atoms with E-state index >= 15 is 0 Å². The van der Waals surface area contributed by atoms with Gasteiger partial charge in [0.2, 0.25) is 15.9 Å². The number of carbonyl (C=O) groups is 1. The van der Waals surface area contributed by atoms with Crippen LogP contribution in [-0.2, 0) is 21.4 Å². The Hall–Kier alpha value is -1.90. The Balaban J connectivity index is 1.79. The highest BCUT2D eigenvalue weighted by Gasteiger charge is 2.20. The molecule has 1 N–H and O–H groups in total. The smallest absolute Gasteiger partial charge is 0.242 e. The molecule has 0 aliphatic carbocycles. The van der Waals surface area contributed by atoms with E-state index in [1.54, 1.807) is 23.5 Å². The van der Waals surface area contributed by atoms with Gasteiger partial charge in [-0.2, -0.15) is 0 Å². The number of carbonyl (C=O) groups excluding carboxylic acids is 1. The van der Waals surface area contributed by atoms with E-state index in [4.69, 9.17) is 4.74 Å². The third-order valence-corrected chi connectivity index (χ3v) is 6.43. The fourth-order valence-electron chi connectivity index (χ4n) is 2.20. The summed E-state index contributed by atoms with van der Waals surface area (Å²) >= 11 is 1.59. The molecule has 0 spiro atoms. The van der Waals surface area contributed by atoms with Crippen LogP contribution in [0.4, 0.5) is 0 Å². The molecule has 0 aliphatic rings. The monoisotopic (exact) mass is 382 g/mol. The van der Waals surface area contributed by atoms with Gasteiger partial charge in [-0.05, 0) is 42.1 Å². The number of hydrogen-bond donors (Lipinski definition) is 1. The normalized spacial score (nSPS) is 11.5. The molecular formula is C17H22N2O4S2. The second-order valence-electron chi connectivity index (χ2n) is 5.46. The third kappa shape index (κ3) is 5.55. The van der Waals surface area contributed by atoms with Gasteiger partial charge in [0.15, 0.2) is 0 Å². The maximum absolute atomic E-state index is 12.5. The zero-order valence-corrected chi connectivity index (χ0v) is 15.9. The van der Waals surface area contributed by atoms with Crippen LogP contribution in [0, 0.1) is 0 Å². The van der Waals surface area contributed by atoms with E-state index in [-0.39, 0.29) is 23.8 Å². The summed E-state index contributed by atoms with van der Waals surface area (Å²) in [7, 11) is -0.518. The summed E-state index contributed by atoms with van der Waals surface area (Å²) in [5, 5.41) is 4.79. The fourth-order valence-corrected chi connectivity index (χ4v) is 4.05. The summed E-state index contributed by atoms with van der Waals surface area (Å²) in [6, 6.07) is 10.1. The second-order valence-corrected chi connectivity index (χ2v) is 8.54. The SMILES string of the molecule is COc1ccc(S(=O)(=O)N(C)CCCC(=O)NCc2cccs2)cc1. The number of sulfonamides is 1. The van der Waals surface area contributed by atoms with Gasteiger partial charge in [0.05, 0.1) is 18.6 Å².